The Labute approximate surface area is 137 Å². The van der Waals surface area contributed by atoms with Gasteiger partial charge < -0.3 is 0 Å². The Morgan fingerprint density at radius 1 is 1.05 bits per heavy atom. The summed E-state index contributed by atoms with van der Waals surface area (Å²) in [5, 5.41) is 22.0. The van der Waals surface area contributed by atoms with Gasteiger partial charge in [0.15, 0.2) is 0 Å². The molecule has 1 aliphatic carbocycles. The van der Waals surface area contributed by atoms with Crippen LogP contribution >= 0.6 is 23.4 Å². The van der Waals surface area contributed by atoms with Crippen molar-refractivity contribution in [2.45, 2.75) is 54.0 Å². The molecular weight excluding hydrogens is 328 g/mol. The summed E-state index contributed by atoms with van der Waals surface area (Å²) >= 11 is 7.80. The first kappa shape index (κ1) is 17.0. The topological polar surface area (TPSA) is 86.3 Å². The van der Waals surface area contributed by atoms with E-state index in [-0.39, 0.29) is 22.0 Å². The zero-order valence-electron chi connectivity index (χ0n) is 11.9. The monoisotopic (exact) mass is 344 g/mol. The summed E-state index contributed by atoms with van der Waals surface area (Å²) in [7, 11) is 0. The average Bonchev–Trinajstić information content (AvgIpc) is 2.46. The number of benzene rings is 1. The van der Waals surface area contributed by atoms with Crippen LogP contribution in [-0.4, -0.2) is 20.5 Å². The van der Waals surface area contributed by atoms with Gasteiger partial charge in [0.1, 0.15) is 0 Å². The Bertz CT molecular complexity index is 570. The summed E-state index contributed by atoms with van der Waals surface area (Å²) in [4.78, 5) is 21.2. The first-order chi connectivity index (χ1) is 10.5. The summed E-state index contributed by atoms with van der Waals surface area (Å²) in [6.07, 6.45) is 6.28. The summed E-state index contributed by atoms with van der Waals surface area (Å²) in [6.45, 7) is 0. The van der Waals surface area contributed by atoms with E-state index >= 15 is 0 Å². The van der Waals surface area contributed by atoms with Crippen LogP contribution < -0.4 is 0 Å². The fraction of sp³-hybridized carbons (Fsp3) is 0.571. The maximum absolute atomic E-state index is 11.2. The van der Waals surface area contributed by atoms with Gasteiger partial charge in [-0.3, -0.25) is 20.2 Å². The molecule has 1 aromatic carbocycles. The molecular formula is C14H17ClN2O4S. The summed E-state index contributed by atoms with van der Waals surface area (Å²) in [5.74, 6) is 0. The van der Waals surface area contributed by atoms with E-state index in [4.69, 9.17) is 11.6 Å². The van der Waals surface area contributed by atoms with Gasteiger partial charge in [-0.15, -0.1) is 23.4 Å². The smallest absolute Gasteiger partial charge is 0.258 e. The Kier molecular flexibility index (Phi) is 6.02. The fourth-order valence-corrected chi connectivity index (χ4v) is 4.29. The van der Waals surface area contributed by atoms with Crippen molar-refractivity contribution in [3.8, 4) is 0 Å². The Balaban J connectivity index is 2.23. The van der Waals surface area contributed by atoms with Crippen molar-refractivity contribution in [3.05, 3.63) is 38.4 Å². The average molecular weight is 345 g/mol. The third-order valence-electron chi connectivity index (χ3n) is 3.75. The van der Waals surface area contributed by atoms with E-state index < -0.39 is 9.85 Å². The molecule has 1 saturated carbocycles. The van der Waals surface area contributed by atoms with Crippen LogP contribution in [0.5, 0.6) is 0 Å². The quantitative estimate of drug-likeness (QED) is 0.439. The lowest BCUT2D eigenvalue weighted by Crippen LogP contribution is -2.19. The van der Waals surface area contributed by atoms with Crippen molar-refractivity contribution < 1.29 is 9.85 Å². The number of alkyl halides is 1. The van der Waals surface area contributed by atoms with Gasteiger partial charge in [-0.1, -0.05) is 25.7 Å². The molecule has 0 unspecified atom stereocenters. The van der Waals surface area contributed by atoms with E-state index in [0.29, 0.717) is 4.90 Å². The van der Waals surface area contributed by atoms with E-state index in [1.54, 1.807) is 0 Å². The molecule has 120 valence electrons. The third kappa shape index (κ3) is 4.33. The second kappa shape index (κ2) is 7.78. The molecule has 0 aromatic heterocycles. The summed E-state index contributed by atoms with van der Waals surface area (Å²) < 4.78 is 0. The number of nitro benzene ring substituents is 2. The van der Waals surface area contributed by atoms with Crippen molar-refractivity contribution in [2.75, 3.05) is 0 Å². The predicted octanol–water partition coefficient (Wildman–Crippen LogP) is 4.93. The molecule has 0 radical (unpaired) electrons. The lowest BCUT2D eigenvalue weighted by Gasteiger charge is -2.24. The van der Waals surface area contributed by atoms with Gasteiger partial charge in [-0.2, -0.15) is 0 Å². The van der Waals surface area contributed by atoms with Gasteiger partial charge in [0.05, 0.1) is 20.8 Å². The second-order valence-corrected chi connectivity index (χ2v) is 7.17. The molecule has 1 aliphatic rings. The number of non-ortho nitro benzene ring substituents is 1. The van der Waals surface area contributed by atoms with E-state index in [0.717, 1.165) is 38.2 Å². The van der Waals surface area contributed by atoms with Crippen LogP contribution in [0.3, 0.4) is 0 Å². The van der Waals surface area contributed by atoms with Crippen LogP contribution in [0.2, 0.25) is 0 Å². The SMILES string of the molecule is O=[N+]([O-])c1ccc(S[C@@H]2CCCCCC[C@H]2Cl)c([N+](=O)[O-])c1. The zero-order chi connectivity index (χ0) is 16.1. The summed E-state index contributed by atoms with van der Waals surface area (Å²) in [6, 6.07) is 3.79. The highest BCUT2D eigenvalue weighted by Crippen LogP contribution is 2.40. The van der Waals surface area contributed by atoms with Gasteiger partial charge in [0.25, 0.3) is 11.4 Å². The molecule has 0 spiro atoms. The first-order valence-electron chi connectivity index (χ1n) is 7.22. The van der Waals surface area contributed by atoms with Crippen molar-refractivity contribution in [1.82, 2.24) is 0 Å². The normalized spacial score (nSPS) is 22.6. The van der Waals surface area contributed by atoms with Crippen molar-refractivity contribution in [1.29, 1.82) is 0 Å². The fourth-order valence-electron chi connectivity index (χ4n) is 2.56. The van der Waals surface area contributed by atoms with E-state index in [1.165, 1.54) is 30.3 Å². The van der Waals surface area contributed by atoms with Crippen LogP contribution in [0.1, 0.15) is 38.5 Å². The molecule has 8 heteroatoms. The molecule has 0 saturated heterocycles. The minimum atomic E-state index is -0.623. The van der Waals surface area contributed by atoms with Gasteiger partial charge in [-0.05, 0) is 18.9 Å². The summed E-state index contributed by atoms with van der Waals surface area (Å²) in [5.41, 5.74) is -0.485. The molecule has 0 amide bonds. The molecule has 2 atom stereocenters. The second-order valence-electron chi connectivity index (χ2n) is 5.33. The van der Waals surface area contributed by atoms with Gasteiger partial charge >= 0.3 is 0 Å². The predicted molar refractivity (Wildman–Crippen MR) is 86.7 cm³/mol. The molecule has 0 aliphatic heterocycles. The molecule has 1 aromatic rings. The highest BCUT2D eigenvalue weighted by Gasteiger charge is 2.26. The highest BCUT2D eigenvalue weighted by atomic mass is 35.5. The molecule has 2 rings (SSSR count). The first-order valence-corrected chi connectivity index (χ1v) is 8.54. The number of halogens is 1. The Morgan fingerprint density at radius 3 is 2.36 bits per heavy atom. The molecule has 22 heavy (non-hydrogen) atoms. The van der Waals surface area contributed by atoms with Crippen LogP contribution in [-0.2, 0) is 0 Å². The van der Waals surface area contributed by atoms with Crippen molar-refractivity contribution in [3.63, 3.8) is 0 Å². The number of hydrogen-bond donors (Lipinski definition) is 0. The Hall–Kier alpha value is -1.34. The zero-order valence-corrected chi connectivity index (χ0v) is 13.5. The molecule has 1 fully saturated rings. The third-order valence-corrected chi connectivity index (χ3v) is 5.89. The van der Waals surface area contributed by atoms with Crippen molar-refractivity contribution in [2.24, 2.45) is 0 Å². The van der Waals surface area contributed by atoms with Gasteiger partial charge in [0.2, 0.25) is 0 Å². The standard InChI is InChI=1S/C14H17ClN2O4S/c15-11-5-3-1-2-4-6-13(11)22-14-8-7-10(16(18)19)9-12(14)17(20)21/h7-9,11,13H,1-6H2/t11-,13-/m1/s1. The van der Waals surface area contributed by atoms with E-state index in [1.807, 2.05) is 0 Å². The highest BCUT2D eigenvalue weighted by molar-refractivity contribution is 8.00. The van der Waals surface area contributed by atoms with Gasteiger partial charge in [-0.25, -0.2) is 0 Å². The molecule has 6 nitrogen and oxygen atoms in total. The minimum absolute atomic E-state index is 0.0277. The largest absolute Gasteiger partial charge is 0.289 e. The van der Waals surface area contributed by atoms with Crippen molar-refractivity contribution >= 4 is 34.7 Å². The van der Waals surface area contributed by atoms with Crippen LogP contribution in [0.4, 0.5) is 11.4 Å². The van der Waals surface area contributed by atoms with Crippen LogP contribution in [0, 0.1) is 20.2 Å². The number of nitrogens with zero attached hydrogens (tertiary/aromatic N) is 2. The lowest BCUT2D eigenvalue weighted by atomic mass is 10.0. The molecule has 0 heterocycles. The molecule has 0 N–H and O–H groups in total. The van der Waals surface area contributed by atoms with E-state index in [9.17, 15) is 20.2 Å². The number of rotatable bonds is 4. The maximum atomic E-state index is 11.2. The molecule has 0 bridgehead atoms. The van der Waals surface area contributed by atoms with Crippen LogP contribution in [0.15, 0.2) is 23.1 Å². The maximum Gasteiger partial charge on any atom is 0.289 e. The van der Waals surface area contributed by atoms with Gasteiger partial charge in [0, 0.05) is 16.7 Å². The lowest BCUT2D eigenvalue weighted by molar-refractivity contribution is -0.396. The Morgan fingerprint density at radius 2 is 1.73 bits per heavy atom. The minimum Gasteiger partial charge on any atom is -0.258 e. The number of nitro groups is 2. The van der Waals surface area contributed by atoms with E-state index in [2.05, 4.69) is 0 Å². The number of hydrogen-bond acceptors (Lipinski definition) is 5. The number of thioether (sulfide) groups is 1. The van der Waals surface area contributed by atoms with Crippen LogP contribution in [0.25, 0.3) is 0 Å².